The molecule has 7 heteroatoms. The second-order valence-electron chi connectivity index (χ2n) is 6.31. The summed E-state index contributed by atoms with van der Waals surface area (Å²) < 4.78 is 10.5. The van der Waals surface area contributed by atoms with E-state index in [0.29, 0.717) is 11.4 Å². The molecule has 0 radical (unpaired) electrons. The van der Waals surface area contributed by atoms with Crippen molar-refractivity contribution in [2.24, 2.45) is 5.92 Å². The summed E-state index contributed by atoms with van der Waals surface area (Å²) in [7, 11) is 0. The van der Waals surface area contributed by atoms with E-state index < -0.39 is 5.97 Å². The fourth-order valence-corrected chi connectivity index (χ4v) is 2.28. The van der Waals surface area contributed by atoms with Crippen molar-refractivity contribution in [3.05, 3.63) is 24.3 Å². The van der Waals surface area contributed by atoms with E-state index in [-0.39, 0.29) is 50.0 Å². The maximum absolute atomic E-state index is 12.2. The first-order valence-electron chi connectivity index (χ1n) is 8.35. The lowest BCUT2D eigenvalue weighted by atomic mass is 10.1. The number of anilines is 1. The van der Waals surface area contributed by atoms with Gasteiger partial charge in [-0.05, 0) is 25.0 Å². The number of ether oxygens (including phenoxy) is 2. The summed E-state index contributed by atoms with van der Waals surface area (Å²) in [6.07, 6.45) is 0.175. The first kappa shape index (κ1) is 18.8. The molecule has 7 nitrogen and oxygen atoms in total. The molecule has 1 aromatic carbocycles. The predicted octanol–water partition coefficient (Wildman–Crippen LogP) is 1.51. The van der Waals surface area contributed by atoms with Gasteiger partial charge >= 0.3 is 5.97 Å². The molecule has 0 fully saturated rings. The molecule has 0 bridgehead atoms. The van der Waals surface area contributed by atoms with Gasteiger partial charge in [-0.2, -0.15) is 0 Å². The molecular formula is C18H24N2O5. The monoisotopic (exact) mass is 348 g/mol. The van der Waals surface area contributed by atoms with Crippen molar-refractivity contribution in [3.8, 4) is 5.75 Å². The normalized spacial score (nSPS) is 15.0. The average molecular weight is 348 g/mol. The molecule has 1 heterocycles. The quantitative estimate of drug-likeness (QED) is 0.788. The molecule has 0 unspecified atom stereocenters. The first-order chi connectivity index (χ1) is 11.9. The molecular weight excluding hydrogens is 324 g/mol. The number of carbonyl (C=O) groups is 3. The van der Waals surface area contributed by atoms with Crippen LogP contribution in [0.4, 0.5) is 5.69 Å². The Morgan fingerprint density at radius 3 is 2.72 bits per heavy atom. The smallest absolute Gasteiger partial charge is 0.326 e. The molecule has 1 aliphatic heterocycles. The molecule has 1 N–H and O–H groups in total. The zero-order valence-corrected chi connectivity index (χ0v) is 14.8. The van der Waals surface area contributed by atoms with Gasteiger partial charge in [0, 0.05) is 6.04 Å². The number of rotatable bonds is 6. The zero-order chi connectivity index (χ0) is 18.4. The van der Waals surface area contributed by atoms with Gasteiger partial charge in [0.15, 0.2) is 6.61 Å². The van der Waals surface area contributed by atoms with Crippen molar-refractivity contribution >= 4 is 23.5 Å². The van der Waals surface area contributed by atoms with E-state index in [0.717, 1.165) is 0 Å². The van der Waals surface area contributed by atoms with Crippen LogP contribution in [0.1, 0.15) is 27.2 Å². The van der Waals surface area contributed by atoms with Crippen LogP contribution in [0.15, 0.2) is 24.3 Å². The van der Waals surface area contributed by atoms with Gasteiger partial charge in [-0.25, -0.2) is 0 Å². The fraction of sp³-hybridized carbons (Fsp3) is 0.500. The van der Waals surface area contributed by atoms with Gasteiger partial charge in [0.05, 0.1) is 18.7 Å². The van der Waals surface area contributed by atoms with Gasteiger partial charge in [-0.1, -0.05) is 26.0 Å². The van der Waals surface area contributed by atoms with Gasteiger partial charge in [0.2, 0.25) is 5.91 Å². The minimum Gasteiger partial charge on any atom is -0.491 e. The van der Waals surface area contributed by atoms with Gasteiger partial charge < -0.3 is 14.8 Å². The molecule has 0 saturated carbocycles. The van der Waals surface area contributed by atoms with Gasteiger partial charge in [0.25, 0.3) is 5.91 Å². The number of fused-ring (bicyclic) bond motifs is 1. The Balaban J connectivity index is 1.93. The average Bonchev–Trinajstić information content (AvgIpc) is 2.72. The van der Waals surface area contributed by atoms with E-state index in [1.54, 1.807) is 24.3 Å². The van der Waals surface area contributed by atoms with E-state index in [4.69, 9.17) is 9.47 Å². The lowest BCUT2D eigenvalue weighted by Gasteiger charge is -2.21. The molecule has 0 saturated heterocycles. The Bertz CT molecular complexity index is 644. The number of nitrogens with zero attached hydrogens (tertiary/aromatic N) is 1. The van der Waals surface area contributed by atoms with E-state index in [1.807, 2.05) is 20.8 Å². The summed E-state index contributed by atoms with van der Waals surface area (Å²) in [5, 5.41) is 2.76. The molecule has 0 aromatic heterocycles. The van der Waals surface area contributed by atoms with Crippen LogP contribution in [0, 0.1) is 5.92 Å². The van der Waals surface area contributed by atoms with Crippen molar-refractivity contribution in [2.75, 3.05) is 24.7 Å². The maximum Gasteiger partial charge on any atom is 0.326 e. The number of hydrogen-bond donors (Lipinski definition) is 1. The molecule has 0 spiro atoms. The number of esters is 1. The van der Waals surface area contributed by atoms with Crippen molar-refractivity contribution in [1.82, 2.24) is 5.32 Å². The number of nitrogens with one attached hydrogen (secondary N) is 1. The highest BCUT2D eigenvalue weighted by Gasteiger charge is 2.26. The number of benzene rings is 1. The number of amides is 2. The highest BCUT2D eigenvalue weighted by atomic mass is 16.5. The van der Waals surface area contributed by atoms with Gasteiger partial charge in [0.1, 0.15) is 12.3 Å². The molecule has 2 amide bonds. The van der Waals surface area contributed by atoms with Crippen LogP contribution in [-0.2, 0) is 19.1 Å². The van der Waals surface area contributed by atoms with Crippen LogP contribution < -0.4 is 15.0 Å². The lowest BCUT2D eigenvalue weighted by molar-refractivity contribution is -0.147. The standard InChI is InChI=1S/C18H24N2O5/c1-12(2)13(3)19-16(21)11-25-18(23)10-20-14-6-4-5-7-15(14)24-9-8-17(20)22/h4-7,12-13H,8-11H2,1-3H3,(H,19,21)/t13-/m0/s1. The van der Waals surface area contributed by atoms with E-state index in [2.05, 4.69) is 5.32 Å². The summed E-state index contributed by atoms with van der Waals surface area (Å²) >= 11 is 0. The van der Waals surface area contributed by atoms with Crippen molar-refractivity contribution in [3.63, 3.8) is 0 Å². The Morgan fingerprint density at radius 2 is 2.00 bits per heavy atom. The summed E-state index contributed by atoms with van der Waals surface area (Å²) in [5.74, 6) is -0.395. The lowest BCUT2D eigenvalue weighted by Crippen LogP contribution is -2.40. The Kier molecular flexibility index (Phi) is 6.38. The minimum absolute atomic E-state index is 0.0117. The predicted molar refractivity (Wildman–Crippen MR) is 92.3 cm³/mol. The zero-order valence-electron chi connectivity index (χ0n) is 14.8. The maximum atomic E-state index is 12.2. The van der Waals surface area contributed by atoms with Crippen LogP contribution in [-0.4, -0.2) is 43.6 Å². The van der Waals surface area contributed by atoms with Crippen LogP contribution >= 0.6 is 0 Å². The third-order valence-corrected chi connectivity index (χ3v) is 4.07. The number of para-hydroxylation sites is 2. The van der Waals surface area contributed by atoms with E-state index in [1.165, 1.54) is 4.90 Å². The Labute approximate surface area is 147 Å². The third kappa shape index (κ3) is 5.20. The van der Waals surface area contributed by atoms with Crippen molar-refractivity contribution in [1.29, 1.82) is 0 Å². The van der Waals surface area contributed by atoms with Crippen LogP contribution in [0.5, 0.6) is 5.75 Å². The highest BCUT2D eigenvalue weighted by Crippen LogP contribution is 2.30. The van der Waals surface area contributed by atoms with E-state index >= 15 is 0 Å². The molecule has 0 aliphatic carbocycles. The Morgan fingerprint density at radius 1 is 1.28 bits per heavy atom. The van der Waals surface area contributed by atoms with Gasteiger partial charge in [-0.3, -0.25) is 19.3 Å². The molecule has 1 aliphatic rings. The Hall–Kier alpha value is -2.57. The molecule has 2 rings (SSSR count). The van der Waals surface area contributed by atoms with Gasteiger partial charge in [-0.15, -0.1) is 0 Å². The number of carbonyl (C=O) groups excluding carboxylic acids is 3. The molecule has 25 heavy (non-hydrogen) atoms. The molecule has 136 valence electrons. The van der Waals surface area contributed by atoms with E-state index in [9.17, 15) is 14.4 Å². The summed E-state index contributed by atoms with van der Waals surface area (Å²) in [4.78, 5) is 37.4. The number of hydrogen-bond acceptors (Lipinski definition) is 5. The van der Waals surface area contributed by atoms with Crippen LogP contribution in [0.25, 0.3) is 0 Å². The topological polar surface area (TPSA) is 84.9 Å². The van der Waals surface area contributed by atoms with Crippen LogP contribution in [0.2, 0.25) is 0 Å². The second-order valence-corrected chi connectivity index (χ2v) is 6.31. The summed E-state index contributed by atoms with van der Waals surface area (Å²) in [6.45, 7) is 5.50. The summed E-state index contributed by atoms with van der Waals surface area (Å²) in [6, 6.07) is 7.00. The summed E-state index contributed by atoms with van der Waals surface area (Å²) in [5.41, 5.74) is 0.528. The SMILES string of the molecule is CC(C)[C@H](C)NC(=O)COC(=O)CN1C(=O)CCOc2ccccc21. The largest absolute Gasteiger partial charge is 0.491 e. The highest BCUT2D eigenvalue weighted by molar-refractivity contribution is 5.99. The molecule has 1 atom stereocenters. The van der Waals surface area contributed by atoms with Crippen LogP contribution in [0.3, 0.4) is 0 Å². The first-order valence-corrected chi connectivity index (χ1v) is 8.35. The fourth-order valence-electron chi connectivity index (χ4n) is 2.28. The van der Waals surface area contributed by atoms with Crippen molar-refractivity contribution < 1.29 is 23.9 Å². The van der Waals surface area contributed by atoms with Crippen molar-refractivity contribution in [2.45, 2.75) is 33.2 Å². The third-order valence-electron chi connectivity index (χ3n) is 4.07. The minimum atomic E-state index is -0.641. The second kappa shape index (κ2) is 8.50. The molecule has 1 aromatic rings.